The molecular formula is C14H13NO3S. The molecule has 0 aliphatic heterocycles. The first-order valence-corrected chi connectivity index (χ1v) is 7.48. The zero-order valence-electron chi connectivity index (χ0n) is 10.3. The minimum Gasteiger partial charge on any atom is -0.507 e. The third-order valence-electron chi connectivity index (χ3n) is 2.55. The highest BCUT2D eigenvalue weighted by molar-refractivity contribution is 7.90. The van der Waals surface area contributed by atoms with Crippen LogP contribution in [0.4, 0.5) is 5.69 Å². The van der Waals surface area contributed by atoms with E-state index >= 15 is 0 Å². The monoisotopic (exact) mass is 275 g/mol. The Morgan fingerprint density at radius 3 is 2.26 bits per heavy atom. The summed E-state index contributed by atoms with van der Waals surface area (Å²) in [5.74, 6) is 0.152. The Labute approximate surface area is 112 Å². The number of aromatic hydroxyl groups is 1. The number of benzene rings is 2. The van der Waals surface area contributed by atoms with Crippen LogP contribution in [-0.2, 0) is 9.84 Å². The number of phenols is 1. The van der Waals surface area contributed by atoms with Gasteiger partial charge in [-0.25, -0.2) is 8.42 Å². The van der Waals surface area contributed by atoms with Gasteiger partial charge in [-0.05, 0) is 36.4 Å². The van der Waals surface area contributed by atoms with Crippen LogP contribution in [-0.4, -0.2) is 26.0 Å². The molecule has 0 aliphatic carbocycles. The average molecular weight is 275 g/mol. The highest BCUT2D eigenvalue weighted by Gasteiger charge is 2.05. The molecule has 0 amide bonds. The Morgan fingerprint density at radius 1 is 1.05 bits per heavy atom. The molecule has 2 aromatic rings. The maximum Gasteiger partial charge on any atom is 0.175 e. The Bertz CT molecular complexity index is 704. The standard InChI is InChI=1S/C14H13NO3S/c1-19(17,18)13-8-6-12(7-9-13)15-10-11-4-2-3-5-14(11)16/h2-10,16H,1H3. The second-order valence-corrected chi connectivity index (χ2v) is 6.10. The zero-order valence-corrected chi connectivity index (χ0v) is 11.1. The van der Waals surface area contributed by atoms with Crippen LogP contribution < -0.4 is 0 Å². The maximum absolute atomic E-state index is 11.3. The summed E-state index contributed by atoms with van der Waals surface area (Å²) in [4.78, 5) is 4.44. The van der Waals surface area contributed by atoms with Gasteiger partial charge in [0, 0.05) is 18.0 Å². The number of rotatable bonds is 3. The van der Waals surface area contributed by atoms with Crippen LogP contribution in [0.1, 0.15) is 5.56 Å². The van der Waals surface area contributed by atoms with Crippen molar-refractivity contribution in [1.29, 1.82) is 0 Å². The van der Waals surface area contributed by atoms with E-state index in [1.54, 1.807) is 36.4 Å². The third-order valence-corrected chi connectivity index (χ3v) is 3.68. The number of nitrogens with zero attached hydrogens (tertiary/aromatic N) is 1. The lowest BCUT2D eigenvalue weighted by Gasteiger charge is -1.99. The predicted molar refractivity (Wildman–Crippen MR) is 74.9 cm³/mol. The molecule has 0 bridgehead atoms. The predicted octanol–water partition coefficient (Wildman–Crippen LogP) is 2.55. The molecule has 0 aromatic heterocycles. The molecule has 0 unspecified atom stereocenters. The van der Waals surface area contributed by atoms with Gasteiger partial charge in [0.25, 0.3) is 0 Å². The lowest BCUT2D eigenvalue weighted by atomic mass is 10.2. The molecule has 0 heterocycles. The normalized spacial score (nSPS) is 11.8. The first-order chi connectivity index (χ1) is 8.97. The van der Waals surface area contributed by atoms with Gasteiger partial charge in [0.05, 0.1) is 10.6 Å². The summed E-state index contributed by atoms with van der Waals surface area (Å²) in [5.41, 5.74) is 1.23. The van der Waals surface area contributed by atoms with Crippen LogP contribution in [0.3, 0.4) is 0 Å². The molecule has 0 radical (unpaired) electrons. The molecule has 0 saturated carbocycles. The van der Waals surface area contributed by atoms with Crippen molar-refractivity contribution in [2.24, 2.45) is 4.99 Å². The van der Waals surface area contributed by atoms with E-state index in [1.165, 1.54) is 18.3 Å². The number of hydrogen-bond acceptors (Lipinski definition) is 4. The highest BCUT2D eigenvalue weighted by atomic mass is 32.2. The fourth-order valence-electron chi connectivity index (χ4n) is 1.52. The molecular weight excluding hydrogens is 262 g/mol. The molecule has 19 heavy (non-hydrogen) atoms. The van der Waals surface area contributed by atoms with Gasteiger partial charge in [-0.2, -0.15) is 0 Å². The number of phenolic OH excluding ortho intramolecular Hbond substituents is 1. The van der Waals surface area contributed by atoms with E-state index < -0.39 is 9.84 Å². The van der Waals surface area contributed by atoms with Crippen molar-refractivity contribution in [3.8, 4) is 5.75 Å². The molecule has 0 aliphatic rings. The minimum atomic E-state index is -3.19. The van der Waals surface area contributed by atoms with Crippen molar-refractivity contribution in [2.75, 3.05) is 6.26 Å². The molecule has 2 rings (SSSR count). The van der Waals surface area contributed by atoms with Crippen molar-refractivity contribution in [1.82, 2.24) is 0 Å². The van der Waals surface area contributed by atoms with Crippen LogP contribution in [0.2, 0.25) is 0 Å². The molecule has 1 N–H and O–H groups in total. The molecule has 5 heteroatoms. The molecule has 0 spiro atoms. The fraction of sp³-hybridized carbons (Fsp3) is 0.0714. The van der Waals surface area contributed by atoms with Crippen LogP contribution >= 0.6 is 0 Å². The van der Waals surface area contributed by atoms with Crippen LogP contribution in [0.25, 0.3) is 0 Å². The van der Waals surface area contributed by atoms with Gasteiger partial charge < -0.3 is 5.11 Å². The molecule has 0 fully saturated rings. The number of sulfone groups is 1. The lowest BCUT2D eigenvalue weighted by molar-refractivity contribution is 0.474. The summed E-state index contributed by atoms with van der Waals surface area (Å²) >= 11 is 0. The number of para-hydroxylation sites is 1. The molecule has 0 atom stereocenters. The van der Waals surface area contributed by atoms with E-state index in [1.807, 2.05) is 0 Å². The molecule has 4 nitrogen and oxygen atoms in total. The largest absolute Gasteiger partial charge is 0.507 e. The highest BCUT2D eigenvalue weighted by Crippen LogP contribution is 2.18. The Morgan fingerprint density at radius 2 is 1.68 bits per heavy atom. The Kier molecular flexibility index (Phi) is 3.66. The first-order valence-electron chi connectivity index (χ1n) is 5.59. The van der Waals surface area contributed by atoms with Crippen molar-refractivity contribution in [2.45, 2.75) is 4.90 Å². The zero-order chi connectivity index (χ0) is 13.9. The van der Waals surface area contributed by atoms with E-state index in [4.69, 9.17) is 0 Å². The van der Waals surface area contributed by atoms with Crippen molar-refractivity contribution in [3.05, 3.63) is 54.1 Å². The summed E-state index contributed by atoms with van der Waals surface area (Å²) in [6.45, 7) is 0. The summed E-state index contributed by atoms with van der Waals surface area (Å²) in [7, 11) is -3.19. The van der Waals surface area contributed by atoms with Gasteiger partial charge in [0.2, 0.25) is 0 Å². The molecule has 0 saturated heterocycles. The summed E-state index contributed by atoms with van der Waals surface area (Å²) < 4.78 is 22.6. The first kappa shape index (κ1) is 13.3. The Balaban J connectivity index is 2.23. The Hall–Kier alpha value is -2.14. The summed E-state index contributed by atoms with van der Waals surface area (Å²) in [6.07, 6.45) is 2.69. The van der Waals surface area contributed by atoms with Crippen molar-refractivity contribution < 1.29 is 13.5 Å². The van der Waals surface area contributed by atoms with E-state index in [0.29, 0.717) is 11.3 Å². The second kappa shape index (κ2) is 5.24. The lowest BCUT2D eigenvalue weighted by Crippen LogP contribution is -1.95. The van der Waals surface area contributed by atoms with Crippen molar-refractivity contribution >= 4 is 21.7 Å². The van der Waals surface area contributed by atoms with Crippen molar-refractivity contribution in [3.63, 3.8) is 0 Å². The molecule has 98 valence electrons. The van der Waals surface area contributed by atoms with Gasteiger partial charge in [-0.3, -0.25) is 4.99 Å². The third kappa shape index (κ3) is 3.42. The van der Waals surface area contributed by atoms with Crippen LogP contribution in [0, 0.1) is 0 Å². The number of aliphatic imine (C=N–C) groups is 1. The van der Waals surface area contributed by atoms with E-state index in [9.17, 15) is 13.5 Å². The van der Waals surface area contributed by atoms with Gasteiger partial charge in [-0.1, -0.05) is 12.1 Å². The summed E-state index contributed by atoms with van der Waals surface area (Å²) in [6, 6.07) is 13.1. The topological polar surface area (TPSA) is 66.7 Å². The summed E-state index contributed by atoms with van der Waals surface area (Å²) in [5, 5.41) is 9.57. The van der Waals surface area contributed by atoms with Crippen LogP contribution in [0.5, 0.6) is 5.75 Å². The van der Waals surface area contributed by atoms with E-state index in [-0.39, 0.29) is 10.6 Å². The van der Waals surface area contributed by atoms with E-state index in [0.717, 1.165) is 6.26 Å². The quantitative estimate of drug-likeness (QED) is 0.875. The minimum absolute atomic E-state index is 0.152. The smallest absolute Gasteiger partial charge is 0.175 e. The van der Waals surface area contributed by atoms with Gasteiger partial charge in [0.1, 0.15) is 5.75 Å². The average Bonchev–Trinajstić information content (AvgIpc) is 2.37. The molecule has 2 aromatic carbocycles. The second-order valence-electron chi connectivity index (χ2n) is 4.08. The van der Waals surface area contributed by atoms with Gasteiger partial charge in [0.15, 0.2) is 9.84 Å². The SMILES string of the molecule is CS(=O)(=O)c1ccc(N=Cc2ccccc2O)cc1. The number of hydrogen-bond donors (Lipinski definition) is 1. The van der Waals surface area contributed by atoms with Gasteiger partial charge in [-0.15, -0.1) is 0 Å². The fourth-order valence-corrected chi connectivity index (χ4v) is 2.15. The van der Waals surface area contributed by atoms with Crippen LogP contribution in [0.15, 0.2) is 58.4 Å². The maximum atomic E-state index is 11.3. The van der Waals surface area contributed by atoms with E-state index in [2.05, 4.69) is 4.99 Å². The van der Waals surface area contributed by atoms with Gasteiger partial charge >= 0.3 is 0 Å².